The molecular weight excluding hydrogens is 1440 g/mol. The molecule has 0 saturated carbocycles. The van der Waals surface area contributed by atoms with Crippen LogP contribution in [0.15, 0.2) is 0 Å². The van der Waals surface area contributed by atoms with Crippen molar-refractivity contribution in [3.8, 4) is 0 Å². The van der Waals surface area contributed by atoms with Crippen LogP contribution in [0.25, 0.3) is 0 Å². The van der Waals surface area contributed by atoms with Crippen molar-refractivity contribution in [1.82, 2.24) is 0 Å². The van der Waals surface area contributed by atoms with Gasteiger partial charge in [0.1, 0.15) is 0 Å². The van der Waals surface area contributed by atoms with Crippen molar-refractivity contribution in [3.63, 3.8) is 0 Å². The molecule has 0 aromatic carbocycles. The molecule has 0 spiro atoms. The van der Waals surface area contributed by atoms with E-state index in [-0.39, 0.29) is 38.6 Å². The van der Waals surface area contributed by atoms with Crippen LogP contribution in [0.3, 0.4) is 0 Å². The zero-order valence-electron chi connectivity index (χ0n) is 63.9. The van der Waals surface area contributed by atoms with Gasteiger partial charge in [0.15, 0.2) is 0 Å². The van der Waals surface area contributed by atoms with Gasteiger partial charge in [-0.1, -0.05) is 439 Å². The standard InChI is InChI=1S/4C20H40O2S2.Mo/c4*1-2-3-4-5-6-7-8-9-10-11-12-13-14-15-16-17-18-19-21-22-20(23)24;/h4*2-19H2,1H3,(H,23,24);/q;;;;+4/p-4. The molecule has 17 heteroatoms. The third-order valence-electron chi connectivity index (χ3n) is 17.8. The van der Waals surface area contributed by atoms with Gasteiger partial charge in [-0.2, -0.15) is 19.6 Å². The van der Waals surface area contributed by atoms with Gasteiger partial charge in [0, 0.05) is 0 Å². The fourth-order valence-corrected chi connectivity index (χ4v) is 12.3. The first-order valence-corrected chi connectivity index (χ1v) is 44.4. The molecule has 97 heavy (non-hydrogen) atoms. The zero-order chi connectivity index (χ0) is 70.9. The third kappa shape index (κ3) is 121. The number of unbranched alkanes of at least 4 members (excludes halogenated alkanes) is 64. The Hall–Kier alpha value is 0.968. The molecule has 0 aliphatic carbocycles. The van der Waals surface area contributed by atoms with Crippen molar-refractivity contribution < 1.29 is 60.2 Å². The Labute approximate surface area is 662 Å². The number of rotatable bonds is 76. The van der Waals surface area contributed by atoms with Crippen LogP contribution in [0.2, 0.25) is 0 Å². The molecule has 0 radical (unpaired) electrons. The third-order valence-corrected chi connectivity index (χ3v) is 18.4. The summed E-state index contributed by atoms with van der Waals surface area (Å²) in [6, 6.07) is 0. The van der Waals surface area contributed by atoms with E-state index in [1.807, 2.05) is 0 Å². The molecule has 0 fully saturated rings. The molecule has 0 N–H and O–H groups in total. The molecule has 0 aromatic heterocycles. The second-order valence-corrected chi connectivity index (χ2v) is 31.2. The fraction of sp³-hybridized carbons (Fsp3) is 0.950. The molecule has 0 saturated heterocycles. The molecule has 0 amide bonds. The topological polar surface area (TPSA) is 73.8 Å². The summed E-state index contributed by atoms with van der Waals surface area (Å²) in [5, 5.41) is 0. The average molecular weight is 1600 g/mol. The molecule has 0 heterocycles. The maximum Gasteiger partial charge on any atom is 4.00 e. The fourth-order valence-electron chi connectivity index (χ4n) is 11.9. The largest absolute Gasteiger partial charge is 4.00 e. The Bertz CT molecular complexity index is 1260. The quantitative estimate of drug-likeness (QED) is 0.0145. The minimum Gasteiger partial charge on any atom is -0.387 e. The maximum absolute atomic E-state index is 4.87. The van der Waals surface area contributed by atoms with Crippen molar-refractivity contribution in [2.45, 2.75) is 464 Å². The Kier molecular flexibility index (Phi) is 114. The van der Waals surface area contributed by atoms with E-state index >= 15 is 0 Å². The molecule has 0 aliphatic heterocycles. The van der Waals surface area contributed by atoms with Crippen molar-refractivity contribution in [2.24, 2.45) is 0 Å². The van der Waals surface area contributed by atoms with Crippen LogP contribution in [0.1, 0.15) is 464 Å². The summed E-state index contributed by atoms with van der Waals surface area (Å²) < 4.78 is 0.174. The molecular formula is C80H156MoO8S8. The first kappa shape index (κ1) is 107. The first-order valence-electron chi connectivity index (χ1n) is 41.1. The van der Waals surface area contributed by atoms with Crippen LogP contribution in [0.4, 0.5) is 0 Å². The van der Waals surface area contributed by atoms with E-state index in [2.05, 4.69) is 147 Å². The van der Waals surface area contributed by atoms with Crippen molar-refractivity contribution >= 4 is 117 Å². The smallest absolute Gasteiger partial charge is 0.387 e. The normalized spacial score (nSPS) is 10.8. The van der Waals surface area contributed by atoms with E-state index in [4.69, 9.17) is 19.6 Å². The predicted molar refractivity (Wildman–Crippen MR) is 445 cm³/mol. The molecule has 0 aromatic rings. The number of hydrogen-bond donors (Lipinski definition) is 0. The van der Waals surface area contributed by atoms with Gasteiger partial charge in [-0.05, 0) is 25.7 Å². The van der Waals surface area contributed by atoms with E-state index in [1.54, 1.807) is 0 Å². The van der Waals surface area contributed by atoms with Crippen LogP contribution < -0.4 is 0 Å². The summed E-state index contributed by atoms with van der Waals surface area (Å²) in [5.74, 6) is 0. The van der Waals surface area contributed by atoms with E-state index in [9.17, 15) is 0 Å². The van der Waals surface area contributed by atoms with Gasteiger partial charge in [0.05, 0.1) is 44.0 Å². The molecule has 0 bridgehead atoms. The summed E-state index contributed by atoms with van der Waals surface area (Å²) in [5.41, 5.74) is 0. The summed E-state index contributed by atoms with van der Waals surface area (Å²) in [6.07, 6.45) is 93.7. The predicted octanol–water partition coefficient (Wildman–Crippen LogP) is 29.7. The molecule has 578 valence electrons. The second-order valence-electron chi connectivity index (χ2n) is 27.2. The summed E-state index contributed by atoms with van der Waals surface area (Å²) in [6.45, 7) is 11.5. The van der Waals surface area contributed by atoms with E-state index in [1.165, 1.54) is 411 Å². The van der Waals surface area contributed by atoms with Gasteiger partial charge in [0.25, 0.3) is 0 Å². The van der Waals surface area contributed by atoms with E-state index < -0.39 is 0 Å². The Balaban J connectivity index is -0.000000386. The summed E-state index contributed by atoms with van der Waals surface area (Å²) in [4.78, 5) is 38.0. The van der Waals surface area contributed by atoms with Gasteiger partial charge in [-0.15, -0.1) is 0 Å². The Morgan fingerprint density at radius 3 is 0.330 bits per heavy atom. The average Bonchev–Trinajstić information content (AvgIpc) is 3.57. The zero-order valence-corrected chi connectivity index (χ0v) is 72.4. The summed E-state index contributed by atoms with van der Waals surface area (Å²) >= 11 is 36.7. The Morgan fingerprint density at radius 1 is 0.165 bits per heavy atom. The van der Waals surface area contributed by atoms with Crippen LogP contribution in [-0.4, -0.2) is 44.0 Å². The van der Waals surface area contributed by atoms with Gasteiger partial charge in [-0.25, -0.2) is 0 Å². The number of hydrogen-bond acceptors (Lipinski definition) is 16. The van der Waals surface area contributed by atoms with E-state index in [0.717, 1.165) is 25.7 Å². The minimum absolute atomic E-state index is 0. The second kappa shape index (κ2) is 103. The van der Waals surface area contributed by atoms with Gasteiger partial charge >= 0.3 is 21.1 Å². The maximum atomic E-state index is 4.87. The monoisotopic (exact) mass is 1600 g/mol. The van der Waals surface area contributed by atoms with Crippen LogP contribution in [-0.2, 0) is 111 Å². The van der Waals surface area contributed by atoms with Crippen LogP contribution in [0, 0.1) is 0 Å². The minimum atomic E-state index is 0. The van der Waals surface area contributed by atoms with Gasteiger partial charge in [0.2, 0.25) is 0 Å². The molecule has 0 rings (SSSR count). The van der Waals surface area contributed by atoms with Crippen LogP contribution >= 0.6 is 48.9 Å². The SMILES string of the molecule is CCCCCCCCCCCCCCCCCCCOOC(=S)[S-].CCCCCCCCCCCCCCCCCCCOOC(=S)[S-].CCCCCCCCCCCCCCCCCCCOOC(=S)[S-].CCCCCCCCCCCCCCCCCCCOOC(=S)[S-].[Mo+4]. The van der Waals surface area contributed by atoms with Crippen molar-refractivity contribution in [1.29, 1.82) is 0 Å². The van der Waals surface area contributed by atoms with Crippen molar-refractivity contribution in [3.05, 3.63) is 0 Å². The Morgan fingerprint density at radius 2 is 0.247 bits per heavy atom. The van der Waals surface area contributed by atoms with Crippen LogP contribution in [0.5, 0.6) is 0 Å². The van der Waals surface area contributed by atoms with Gasteiger partial charge in [-0.3, -0.25) is 0 Å². The van der Waals surface area contributed by atoms with E-state index in [0.29, 0.717) is 26.4 Å². The number of thiocarbonyl (C=S) groups is 4. The van der Waals surface area contributed by atoms with Crippen molar-refractivity contribution in [2.75, 3.05) is 26.4 Å². The first-order chi connectivity index (χ1) is 47.1. The summed E-state index contributed by atoms with van der Waals surface area (Å²) in [7, 11) is 0. The molecule has 0 atom stereocenters. The van der Waals surface area contributed by atoms with Gasteiger partial charge < -0.3 is 119 Å². The molecule has 0 aliphatic rings. The molecule has 8 nitrogen and oxygen atoms in total. The molecule has 0 unspecified atom stereocenters.